The maximum Gasteiger partial charge on any atom is 0.238 e. The summed E-state index contributed by atoms with van der Waals surface area (Å²) in [4.78, 5) is 16.1. The van der Waals surface area contributed by atoms with Crippen molar-refractivity contribution in [3.8, 4) is 0 Å². The van der Waals surface area contributed by atoms with Crippen LogP contribution in [0.3, 0.4) is 0 Å². The van der Waals surface area contributed by atoms with Gasteiger partial charge in [0.15, 0.2) is 0 Å². The first kappa shape index (κ1) is 18.8. The number of likely N-dealkylation sites (tertiary alicyclic amines) is 1. The van der Waals surface area contributed by atoms with Crippen molar-refractivity contribution in [1.82, 2.24) is 10.2 Å². The zero-order chi connectivity index (χ0) is 16.9. The fourth-order valence-corrected chi connectivity index (χ4v) is 4.34. The third kappa shape index (κ3) is 5.50. The predicted octanol–water partition coefficient (Wildman–Crippen LogP) is 4.17. The second-order valence-corrected chi connectivity index (χ2v) is 9.31. The molecule has 1 aliphatic rings. The summed E-state index contributed by atoms with van der Waals surface area (Å²) in [6.07, 6.45) is 3.48. The molecule has 23 heavy (non-hydrogen) atoms. The van der Waals surface area contributed by atoms with Gasteiger partial charge in [-0.05, 0) is 76.9 Å². The van der Waals surface area contributed by atoms with E-state index in [0.717, 1.165) is 47.8 Å². The normalized spacial score (nSPS) is 16.6. The third-order valence-electron chi connectivity index (χ3n) is 4.41. The number of carbonyl (C=O) groups is 1. The number of nitrogens with one attached hydrogen (secondary N) is 1. The van der Waals surface area contributed by atoms with Crippen LogP contribution < -0.4 is 5.32 Å². The molecule has 1 amide bonds. The Morgan fingerprint density at radius 1 is 1.30 bits per heavy atom. The number of hydrogen-bond donors (Lipinski definition) is 1. The van der Waals surface area contributed by atoms with E-state index in [1.807, 2.05) is 33.0 Å². The SMILES string of the molecule is CNCCC1CCN(C(=O)C(C)(C)Sc2ccc(Br)cc2)CC1. The second-order valence-electron chi connectivity index (χ2n) is 6.69. The lowest BCUT2D eigenvalue weighted by atomic mass is 9.93. The molecular formula is C18H27BrN2OS. The predicted molar refractivity (Wildman–Crippen MR) is 102 cm³/mol. The van der Waals surface area contributed by atoms with E-state index < -0.39 is 4.75 Å². The van der Waals surface area contributed by atoms with E-state index in [1.165, 1.54) is 6.42 Å². The zero-order valence-electron chi connectivity index (χ0n) is 14.3. The summed E-state index contributed by atoms with van der Waals surface area (Å²) in [6, 6.07) is 8.17. The van der Waals surface area contributed by atoms with Crippen molar-refractivity contribution in [2.75, 3.05) is 26.7 Å². The fourth-order valence-electron chi connectivity index (χ4n) is 2.99. The largest absolute Gasteiger partial charge is 0.341 e. The molecule has 1 saturated heterocycles. The molecule has 1 fully saturated rings. The third-order valence-corrected chi connectivity index (χ3v) is 6.13. The van der Waals surface area contributed by atoms with E-state index in [9.17, 15) is 4.79 Å². The molecule has 0 aromatic heterocycles. The van der Waals surface area contributed by atoms with Crippen molar-refractivity contribution in [2.24, 2.45) is 5.92 Å². The molecule has 5 heteroatoms. The van der Waals surface area contributed by atoms with Gasteiger partial charge in [-0.3, -0.25) is 4.79 Å². The van der Waals surface area contributed by atoms with Gasteiger partial charge in [0, 0.05) is 22.5 Å². The van der Waals surface area contributed by atoms with E-state index >= 15 is 0 Å². The number of piperidine rings is 1. The number of carbonyl (C=O) groups excluding carboxylic acids is 1. The van der Waals surface area contributed by atoms with Crippen molar-refractivity contribution in [3.05, 3.63) is 28.7 Å². The lowest BCUT2D eigenvalue weighted by Gasteiger charge is -2.36. The molecule has 3 nitrogen and oxygen atoms in total. The summed E-state index contributed by atoms with van der Waals surface area (Å²) >= 11 is 5.10. The standard InChI is InChI=1S/C18H27BrN2OS/c1-18(2,23-16-6-4-15(19)5-7-16)17(22)21-12-9-14(10-13-21)8-11-20-3/h4-7,14,20H,8-13H2,1-3H3. The highest BCUT2D eigenvalue weighted by molar-refractivity contribution is 9.10. The number of nitrogens with zero attached hydrogens (tertiary/aromatic N) is 1. The van der Waals surface area contributed by atoms with Crippen LogP contribution in [0.4, 0.5) is 0 Å². The van der Waals surface area contributed by atoms with E-state index in [-0.39, 0.29) is 5.91 Å². The molecule has 1 aliphatic heterocycles. The molecule has 0 spiro atoms. The minimum atomic E-state index is -0.425. The van der Waals surface area contributed by atoms with Crippen molar-refractivity contribution in [3.63, 3.8) is 0 Å². The van der Waals surface area contributed by atoms with Crippen molar-refractivity contribution >= 4 is 33.6 Å². The molecular weight excluding hydrogens is 372 g/mol. The Balaban J connectivity index is 1.90. The molecule has 0 bridgehead atoms. The van der Waals surface area contributed by atoms with Crippen molar-refractivity contribution < 1.29 is 4.79 Å². The highest BCUT2D eigenvalue weighted by Crippen LogP contribution is 2.35. The lowest BCUT2D eigenvalue weighted by Crippen LogP contribution is -2.47. The Morgan fingerprint density at radius 2 is 1.91 bits per heavy atom. The highest BCUT2D eigenvalue weighted by Gasteiger charge is 2.34. The Kier molecular flexibility index (Phi) is 6.99. The van der Waals surface area contributed by atoms with Gasteiger partial charge in [-0.2, -0.15) is 0 Å². The quantitative estimate of drug-likeness (QED) is 0.729. The van der Waals surface area contributed by atoms with Crippen LogP contribution in [0.15, 0.2) is 33.6 Å². The van der Waals surface area contributed by atoms with E-state index in [2.05, 4.69) is 38.3 Å². The monoisotopic (exact) mass is 398 g/mol. The second kappa shape index (κ2) is 8.54. The van der Waals surface area contributed by atoms with Crippen LogP contribution in [0.25, 0.3) is 0 Å². The van der Waals surface area contributed by atoms with Gasteiger partial charge in [0.2, 0.25) is 5.91 Å². The average molecular weight is 399 g/mol. The Morgan fingerprint density at radius 3 is 2.48 bits per heavy atom. The van der Waals surface area contributed by atoms with E-state index in [0.29, 0.717) is 0 Å². The fraction of sp³-hybridized carbons (Fsp3) is 0.611. The number of rotatable bonds is 6. The summed E-state index contributed by atoms with van der Waals surface area (Å²) in [5.74, 6) is 1.02. The van der Waals surface area contributed by atoms with Gasteiger partial charge in [0.05, 0.1) is 4.75 Å². The maximum atomic E-state index is 12.9. The molecule has 1 aromatic rings. The van der Waals surface area contributed by atoms with Crippen LogP contribution in [-0.4, -0.2) is 42.2 Å². The number of amides is 1. The van der Waals surface area contributed by atoms with Gasteiger partial charge >= 0.3 is 0 Å². The minimum absolute atomic E-state index is 0.262. The van der Waals surface area contributed by atoms with Crippen LogP contribution in [0.2, 0.25) is 0 Å². The van der Waals surface area contributed by atoms with Gasteiger partial charge in [-0.25, -0.2) is 0 Å². The molecule has 128 valence electrons. The topological polar surface area (TPSA) is 32.3 Å². The smallest absolute Gasteiger partial charge is 0.238 e. The first-order valence-corrected chi connectivity index (χ1v) is 9.92. The first-order valence-electron chi connectivity index (χ1n) is 8.31. The lowest BCUT2D eigenvalue weighted by molar-refractivity contribution is -0.134. The van der Waals surface area contributed by atoms with Crippen LogP contribution in [0, 0.1) is 5.92 Å². The first-order chi connectivity index (χ1) is 10.9. The van der Waals surface area contributed by atoms with Gasteiger partial charge in [0.1, 0.15) is 0 Å². The molecule has 0 radical (unpaired) electrons. The Hall–Kier alpha value is -0.520. The number of thioether (sulfide) groups is 1. The summed E-state index contributed by atoms with van der Waals surface area (Å²) in [7, 11) is 2.00. The molecule has 0 saturated carbocycles. The Labute approximate surface area is 152 Å². The maximum absolute atomic E-state index is 12.9. The van der Waals surface area contributed by atoms with Crippen LogP contribution in [0.1, 0.15) is 33.1 Å². The number of halogens is 1. The minimum Gasteiger partial charge on any atom is -0.341 e. The van der Waals surface area contributed by atoms with Crippen LogP contribution in [0.5, 0.6) is 0 Å². The zero-order valence-corrected chi connectivity index (χ0v) is 16.7. The van der Waals surface area contributed by atoms with Gasteiger partial charge in [-0.1, -0.05) is 15.9 Å². The Bertz CT molecular complexity index is 510. The van der Waals surface area contributed by atoms with Crippen LogP contribution in [-0.2, 0) is 4.79 Å². The molecule has 1 aromatic carbocycles. The van der Waals surface area contributed by atoms with Gasteiger partial charge in [-0.15, -0.1) is 11.8 Å². The van der Waals surface area contributed by atoms with Crippen molar-refractivity contribution in [2.45, 2.75) is 42.8 Å². The summed E-state index contributed by atoms with van der Waals surface area (Å²) in [5, 5.41) is 3.22. The van der Waals surface area contributed by atoms with Crippen LogP contribution >= 0.6 is 27.7 Å². The number of hydrogen-bond acceptors (Lipinski definition) is 3. The molecule has 2 rings (SSSR count). The average Bonchev–Trinajstić information content (AvgIpc) is 2.54. The molecule has 0 unspecified atom stereocenters. The molecule has 1 N–H and O–H groups in total. The summed E-state index contributed by atoms with van der Waals surface area (Å²) in [6.45, 7) is 6.95. The molecule has 1 heterocycles. The van der Waals surface area contributed by atoms with E-state index in [4.69, 9.17) is 0 Å². The van der Waals surface area contributed by atoms with E-state index in [1.54, 1.807) is 11.8 Å². The molecule has 0 atom stereocenters. The molecule has 0 aliphatic carbocycles. The van der Waals surface area contributed by atoms with Gasteiger partial charge in [0.25, 0.3) is 0 Å². The summed E-state index contributed by atoms with van der Waals surface area (Å²) < 4.78 is 0.640. The summed E-state index contributed by atoms with van der Waals surface area (Å²) in [5.41, 5.74) is 0. The highest BCUT2D eigenvalue weighted by atomic mass is 79.9. The van der Waals surface area contributed by atoms with Crippen molar-refractivity contribution in [1.29, 1.82) is 0 Å². The van der Waals surface area contributed by atoms with Gasteiger partial charge < -0.3 is 10.2 Å². The number of benzene rings is 1.